The molecule has 3 N–H and O–H groups in total. The summed E-state index contributed by atoms with van der Waals surface area (Å²) in [4.78, 5) is 28.0. The fraction of sp³-hybridized carbons (Fsp3) is 0.400. The highest BCUT2D eigenvalue weighted by Gasteiger charge is 2.38. The Bertz CT molecular complexity index is 3670. The van der Waals surface area contributed by atoms with Gasteiger partial charge in [0.25, 0.3) is 0 Å². The van der Waals surface area contributed by atoms with E-state index in [1.165, 1.54) is 12.1 Å². The Balaban J connectivity index is 0.763. The van der Waals surface area contributed by atoms with E-state index in [2.05, 4.69) is 37.3 Å². The first-order valence-electron chi connectivity index (χ1n) is 27.4. The molecule has 18 heteroatoms. The van der Waals surface area contributed by atoms with E-state index in [0.29, 0.717) is 90.4 Å². The number of likely N-dealkylation sites (tertiary alicyclic amines) is 2. The van der Waals surface area contributed by atoms with Crippen molar-refractivity contribution in [1.82, 2.24) is 40.4 Å². The molecule has 6 saturated heterocycles. The number of anilines is 2. The van der Waals surface area contributed by atoms with Crippen molar-refractivity contribution in [2.75, 3.05) is 76.4 Å². The lowest BCUT2D eigenvalue weighted by Gasteiger charge is -2.34. The number of likely N-dealkylation sites (N-methyl/N-ethyl adjacent to an activating group) is 2. The summed E-state index contributed by atoms with van der Waals surface area (Å²) in [5.74, 6) is -0.662. The van der Waals surface area contributed by atoms with Crippen molar-refractivity contribution in [1.29, 1.82) is 0 Å². The van der Waals surface area contributed by atoms with Crippen molar-refractivity contribution >= 4 is 66.6 Å². The van der Waals surface area contributed by atoms with E-state index in [1.807, 2.05) is 61.6 Å². The minimum absolute atomic E-state index is 0.00681. The summed E-state index contributed by atoms with van der Waals surface area (Å²) in [6.45, 7) is 4.74. The van der Waals surface area contributed by atoms with Crippen LogP contribution in [0.25, 0.3) is 65.6 Å². The van der Waals surface area contributed by atoms with Gasteiger partial charge in [0.1, 0.15) is 59.3 Å². The Hall–Kier alpha value is -6.76. The highest BCUT2D eigenvalue weighted by Crippen LogP contribution is 2.45. The molecule has 4 bridgehead atoms. The van der Waals surface area contributed by atoms with E-state index in [0.717, 1.165) is 61.2 Å². The fourth-order valence-electron chi connectivity index (χ4n) is 13.5. The molecule has 14 rings (SSSR count). The molecule has 8 heterocycles. The molecule has 402 valence electrons. The minimum Gasteiger partial charge on any atom is -0.508 e. The number of benzene rings is 6. The molecule has 2 aromatic heterocycles. The summed E-state index contributed by atoms with van der Waals surface area (Å²) in [7, 11) is 4.07. The number of aromatic hydroxyl groups is 1. The largest absolute Gasteiger partial charge is 0.508 e. The van der Waals surface area contributed by atoms with Gasteiger partial charge in [0.2, 0.25) is 0 Å². The lowest BCUT2D eigenvalue weighted by Crippen LogP contribution is -2.51. The first-order valence-corrected chi connectivity index (χ1v) is 27.8. The number of aromatic nitrogens is 4. The first-order chi connectivity index (χ1) is 37.9. The Morgan fingerprint density at radius 2 is 1.15 bits per heavy atom. The summed E-state index contributed by atoms with van der Waals surface area (Å²) in [5, 5.41) is 22.0. The van der Waals surface area contributed by atoms with Crippen LogP contribution in [0.5, 0.6) is 23.5 Å². The number of rotatable bonds is 12. The topological polar surface area (TPSA) is 136 Å². The van der Waals surface area contributed by atoms with Crippen LogP contribution >= 0.6 is 11.6 Å². The second-order valence-corrected chi connectivity index (χ2v) is 22.9. The molecule has 4 unspecified atom stereocenters. The molecule has 78 heavy (non-hydrogen) atoms. The zero-order valence-electron chi connectivity index (χ0n) is 43.5. The molecule has 6 aliphatic heterocycles. The normalized spacial score (nSPS) is 24.4. The molecule has 6 aromatic carbocycles. The van der Waals surface area contributed by atoms with Gasteiger partial charge in [-0.1, -0.05) is 60.1 Å². The van der Waals surface area contributed by atoms with Crippen molar-refractivity contribution in [2.24, 2.45) is 0 Å². The summed E-state index contributed by atoms with van der Waals surface area (Å²) in [6, 6.07) is 26.2. The molecular formula is C60H60ClF3N10O4. The third-order valence-corrected chi connectivity index (χ3v) is 17.7. The Morgan fingerprint density at radius 1 is 0.603 bits per heavy atom. The Kier molecular flexibility index (Phi) is 12.6. The Morgan fingerprint density at radius 3 is 1.76 bits per heavy atom. The van der Waals surface area contributed by atoms with Crippen LogP contribution in [0.2, 0.25) is 5.02 Å². The maximum atomic E-state index is 17.6. The number of piperazine rings is 2. The van der Waals surface area contributed by atoms with Crippen LogP contribution in [0, 0.1) is 17.5 Å². The first kappa shape index (κ1) is 49.5. The van der Waals surface area contributed by atoms with Gasteiger partial charge in [-0.3, -0.25) is 4.90 Å². The van der Waals surface area contributed by atoms with Gasteiger partial charge in [-0.25, -0.2) is 13.2 Å². The third-order valence-electron chi connectivity index (χ3n) is 17.4. The molecule has 6 fully saturated rings. The zero-order chi connectivity index (χ0) is 52.9. The maximum absolute atomic E-state index is 17.6. The summed E-state index contributed by atoms with van der Waals surface area (Å²) < 4.78 is 71.6. The molecule has 0 saturated carbocycles. The zero-order valence-corrected chi connectivity index (χ0v) is 44.2. The number of phenols is 1. The van der Waals surface area contributed by atoms with E-state index in [4.69, 9.17) is 45.7 Å². The number of hydrogen-bond donors (Lipinski definition) is 3. The van der Waals surface area contributed by atoms with Gasteiger partial charge >= 0.3 is 12.0 Å². The van der Waals surface area contributed by atoms with Crippen LogP contribution in [-0.2, 0) is 0 Å². The van der Waals surface area contributed by atoms with Crippen LogP contribution in [0.1, 0.15) is 44.9 Å². The number of halogens is 4. The van der Waals surface area contributed by atoms with Gasteiger partial charge < -0.3 is 44.7 Å². The number of nitrogens with one attached hydrogen (secondary N) is 2. The van der Waals surface area contributed by atoms with Crippen LogP contribution in [0.4, 0.5) is 24.8 Å². The second-order valence-electron chi connectivity index (χ2n) is 22.5. The predicted molar refractivity (Wildman–Crippen MR) is 298 cm³/mol. The van der Waals surface area contributed by atoms with Crippen LogP contribution in [0.15, 0.2) is 84.9 Å². The van der Waals surface area contributed by atoms with Gasteiger partial charge in [-0.15, -0.1) is 0 Å². The smallest absolute Gasteiger partial charge is 0.319 e. The summed E-state index contributed by atoms with van der Waals surface area (Å²) >= 11 is 7.03. The van der Waals surface area contributed by atoms with Crippen molar-refractivity contribution in [2.45, 2.75) is 87.3 Å². The van der Waals surface area contributed by atoms with Gasteiger partial charge in [0, 0.05) is 91.7 Å². The lowest BCUT2D eigenvalue weighted by atomic mass is 9.95. The number of nitrogens with zero attached hydrogens (tertiary/aromatic N) is 8. The van der Waals surface area contributed by atoms with E-state index in [-0.39, 0.29) is 93.9 Å². The van der Waals surface area contributed by atoms with Crippen molar-refractivity contribution < 1.29 is 32.5 Å². The molecule has 0 spiro atoms. The highest BCUT2D eigenvalue weighted by molar-refractivity contribution is 6.35. The molecule has 7 atom stereocenters. The molecule has 6 aliphatic rings. The standard InChI is InChI=1S/C60H60ClF3N10O4/c1-71-17-7-10-38(71)30-76-59-68-56-48(58(70-59)74-27-36-15-16-37(28-74)66-36)24-50(62)52(54(56)64)46-22-41(19-33-9-4-6-12-44(33)46)78-42-20-39(72(2)29-42)31-77-60-67-55-47(57(69-60)73-25-34-13-14-35(26-73)65-34)23-49(61)51(53(55)63)45-21-40(75)18-32-8-3-5-11-43(32)45/h3-6,8-9,11-12,18-19,21-24,34-39,42,65-66,75H,7,10,13-17,20,25-31H2,1-2H3/t34?,35?,36?,37?,38-,39-,42-/m0/s1. The number of phenolic OH excluding ortho intramolecular Hbond substituents is 1. The Labute approximate surface area is 454 Å². The van der Waals surface area contributed by atoms with Gasteiger partial charge in [-0.05, 0) is 128 Å². The summed E-state index contributed by atoms with van der Waals surface area (Å²) in [6.07, 6.45) is 6.42. The van der Waals surface area contributed by atoms with Crippen LogP contribution < -0.4 is 34.6 Å². The molecule has 8 aromatic rings. The molecule has 14 nitrogen and oxygen atoms in total. The van der Waals surface area contributed by atoms with Gasteiger partial charge in [0.15, 0.2) is 11.6 Å². The fourth-order valence-corrected chi connectivity index (χ4v) is 13.8. The molecule has 0 aliphatic carbocycles. The lowest BCUT2D eigenvalue weighted by molar-refractivity contribution is 0.188. The number of ether oxygens (including phenoxy) is 3. The van der Waals surface area contributed by atoms with Crippen molar-refractivity contribution in [3.05, 3.63) is 107 Å². The monoisotopic (exact) mass is 1080 g/mol. The molecule has 0 amide bonds. The third kappa shape index (κ3) is 9.00. The van der Waals surface area contributed by atoms with Crippen molar-refractivity contribution in [3.63, 3.8) is 0 Å². The van der Waals surface area contributed by atoms with E-state index >= 15 is 13.2 Å². The number of fused-ring (bicyclic) bond motifs is 8. The van der Waals surface area contributed by atoms with E-state index < -0.39 is 17.5 Å². The van der Waals surface area contributed by atoms with Gasteiger partial charge in [-0.2, -0.15) is 19.9 Å². The minimum atomic E-state index is -0.787. The SMILES string of the molecule is CN1CCC[C@H]1COc1nc(N2CC3CCC(C2)N3)c2cc(F)c(-c3cc(O[C@H]4C[C@@H](COc5nc(N6CC7CCC(C6)N7)c6cc(Cl)c(-c7cc(O)cc8ccccc78)c(F)c6n5)N(C)C4)cc4ccccc34)c(F)c2n1. The van der Waals surface area contributed by atoms with Crippen LogP contribution in [0.3, 0.4) is 0 Å². The highest BCUT2D eigenvalue weighted by atomic mass is 35.5. The summed E-state index contributed by atoms with van der Waals surface area (Å²) in [5.41, 5.74) is 0.804. The molecule has 0 radical (unpaired) electrons. The van der Waals surface area contributed by atoms with Crippen molar-refractivity contribution in [3.8, 4) is 45.8 Å². The number of hydrogen-bond acceptors (Lipinski definition) is 14. The quantitative estimate of drug-likeness (QED) is 0.107. The van der Waals surface area contributed by atoms with E-state index in [9.17, 15) is 5.11 Å². The average Bonchev–Trinajstić information content (AvgIpc) is 4.34. The predicted octanol–water partition coefficient (Wildman–Crippen LogP) is 9.87. The molecular weight excluding hydrogens is 1020 g/mol. The second kappa shape index (κ2) is 19.9. The maximum Gasteiger partial charge on any atom is 0.319 e. The van der Waals surface area contributed by atoms with Gasteiger partial charge in [0.05, 0.1) is 10.6 Å². The van der Waals surface area contributed by atoms with E-state index in [1.54, 1.807) is 18.2 Å². The van der Waals surface area contributed by atoms with Crippen LogP contribution in [-0.4, -0.2) is 144 Å². The average molecular weight is 1080 g/mol.